The molecule has 2 rings (SSSR count). The summed E-state index contributed by atoms with van der Waals surface area (Å²) < 4.78 is 28.3. The zero-order valence-corrected chi connectivity index (χ0v) is 18.5. The lowest BCUT2D eigenvalue weighted by Crippen LogP contribution is -2.56. The molecule has 0 radical (unpaired) electrons. The van der Waals surface area contributed by atoms with E-state index in [0.717, 1.165) is 29.7 Å². The third kappa shape index (κ3) is 5.43. The first-order chi connectivity index (χ1) is 14.0. The van der Waals surface area contributed by atoms with Crippen LogP contribution >= 0.6 is 0 Å². The van der Waals surface area contributed by atoms with Gasteiger partial charge in [0.2, 0.25) is 0 Å². The summed E-state index contributed by atoms with van der Waals surface area (Å²) in [6, 6.07) is 8.27. The topological polar surface area (TPSA) is 49.4 Å². The fourth-order valence-electron chi connectivity index (χ4n) is 3.61. The number of hydrogen-bond acceptors (Lipinski definition) is 2. The second kappa shape index (κ2) is 9.37. The number of halogens is 2. The monoisotopic (exact) mass is 416 g/mol. The minimum atomic E-state index is -0.992. The molecule has 0 spiro atoms. The van der Waals surface area contributed by atoms with Crippen LogP contribution in [0.15, 0.2) is 36.4 Å². The number of nitrogens with one attached hydrogen (secondary N) is 1. The molecule has 0 saturated carbocycles. The molecule has 0 aliphatic heterocycles. The largest absolute Gasteiger partial charge is 0.275 e. The van der Waals surface area contributed by atoms with Gasteiger partial charge < -0.3 is 0 Å². The van der Waals surface area contributed by atoms with Crippen LogP contribution in [0.4, 0.5) is 8.78 Å². The summed E-state index contributed by atoms with van der Waals surface area (Å²) in [5.74, 6) is -3.36. The van der Waals surface area contributed by atoms with E-state index in [9.17, 15) is 18.4 Å². The molecule has 2 aromatic rings. The fourth-order valence-corrected chi connectivity index (χ4v) is 3.61. The summed E-state index contributed by atoms with van der Waals surface area (Å²) in [6.07, 6.45) is 1.38. The van der Waals surface area contributed by atoms with E-state index in [1.165, 1.54) is 11.1 Å². The van der Waals surface area contributed by atoms with Gasteiger partial charge in [0.15, 0.2) is 0 Å². The van der Waals surface area contributed by atoms with Gasteiger partial charge in [-0.2, -0.15) is 0 Å². The summed E-state index contributed by atoms with van der Waals surface area (Å²) >= 11 is 0. The van der Waals surface area contributed by atoms with Gasteiger partial charge in [0.1, 0.15) is 17.2 Å². The van der Waals surface area contributed by atoms with Crippen molar-refractivity contribution in [2.45, 2.75) is 60.4 Å². The molecule has 6 heteroatoms. The van der Waals surface area contributed by atoms with Crippen LogP contribution in [0.2, 0.25) is 0 Å². The van der Waals surface area contributed by atoms with E-state index in [-0.39, 0.29) is 11.5 Å². The molecule has 0 aliphatic rings. The zero-order chi connectivity index (χ0) is 22.6. The first kappa shape index (κ1) is 23.5. The van der Waals surface area contributed by atoms with Crippen LogP contribution in [0.5, 0.6) is 0 Å². The van der Waals surface area contributed by atoms with E-state index in [1.54, 1.807) is 12.1 Å². The number of hydrazine groups is 1. The maximum atomic E-state index is 14.2. The van der Waals surface area contributed by atoms with Crippen molar-refractivity contribution in [3.8, 4) is 0 Å². The van der Waals surface area contributed by atoms with Crippen LogP contribution in [0.3, 0.4) is 0 Å². The molecule has 30 heavy (non-hydrogen) atoms. The summed E-state index contributed by atoms with van der Waals surface area (Å²) in [7, 11) is 0. The number of nitrogens with zero attached hydrogens (tertiary/aromatic N) is 1. The van der Waals surface area contributed by atoms with E-state index < -0.39 is 29.0 Å². The molecule has 0 bridgehead atoms. The first-order valence-corrected chi connectivity index (χ1v) is 10.1. The molecule has 1 N–H and O–H groups in total. The number of amides is 2. The molecular formula is C24H30F2N2O2. The van der Waals surface area contributed by atoms with Crippen LogP contribution in [0.1, 0.15) is 72.4 Å². The van der Waals surface area contributed by atoms with Gasteiger partial charge >= 0.3 is 0 Å². The minimum absolute atomic E-state index is 0.380. The van der Waals surface area contributed by atoms with Gasteiger partial charge in [0.25, 0.3) is 11.8 Å². The molecule has 0 aromatic heterocycles. The van der Waals surface area contributed by atoms with Crippen molar-refractivity contribution in [2.24, 2.45) is 5.41 Å². The highest BCUT2D eigenvalue weighted by Crippen LogP contribution is 2.29. The Balaban J connectivity index is 2.52. The maximum Gasteiger partial charge on any atom is 0.275 e. The van der Waals surface area contributed by atoms with Gasteiger partial charge in [0, 0.05) is 5.56 Å². The van der Waals surface area contributed by atoms with Crippen molar-refractivity contribution in [2.75, 3.05) is 0 Å². The Labute approximate surface area is 177 Å². The predicted octanol–water partition coefficient (Wildman–Crippen LogP) is 5.58. The highest BCUT2D eigenvalue weighted by Gasteiger charge is 2.35. The Bertz CT molecular complexity index is 895. The van der Waals surface area contributed by atoms with Gasteiger partial charge in [-0.25, -0.2) is 13.8 Å². The van der Waals surface area contributed by atoms with Crippen molar-refractivity contribution in [1.82, 2.24) is 10.4 Å². The van der Waals surface area contributed by atoms with Crippen LogP contribution in [-0.4, -0.2) is 22.9 Å². The molecule has 0 unspecified atom stereocenters. The van der Waals surface area contributed by atoms with Crippen LogP contribution in [0, 0.1) is 30.9 Å². The Morgan fingerprint density at radius 2 is 1.57 bits per heavy atom. The molecule has 0 aliphatic carbocycles. The van der Waals surface area contributed by atoms with Gasteiger partial charge in [0.05, 0.1) is 6.04 Å². The molecule has 2 amide bonds. The molecule has 0 heterocycles. The van der Waals surface area contributed by atoms with Crippen molar-refractivity contribution >= 4 is 11.8 Å². The van der Waals surface area contributed by atoms with Crippen molar-refractivity contribution in [3.05, 3.63) is 70.3 Å². The quantitative estimate of drug-likeness (QED) is 0.647. The van der Waals surface area contributed by atoms with Crippen LogP contribution in [-0.2, 0) is 0 Å². The third-order valence-corrected chi connectivity index (χ3v) is 4.97. The van der Waals surface area contributed by atoms with E-state index in [0.29, 0.717) is 12.0 Å². The van der Waals surface area contributed by atoms with Crippen LogP contribution < -0.4 is 5.43 Å². The van der Waals surface area contributed by atoms with E-state index in [1.807, 2.05) is 47.6 Å². The van der Waals surface area contributed by atoms with Gasteiger partial charge in [-0.05, 0) is 49.9 Å². The lowest BCUT2D eigenvalue weighted by molar-refractivity contribution is 0.0268. The lowest BCUT2D eigenvalue weighted by atomic mass is 9.83. The van der Waals surface area contributed by atoms with Crippen molar-refractivity contribution in [1.29, 1.82) is 0 Å². The highest BCUT2D eigenvalue weighted by molar-refractivity contribution is 5.99. The Morgan fingerprint density at radius 1 is 1.03 bits per heavy atom. The number of rotatable bonds is 5. The average Bonchev–Trinajstić information content (AvgIpc) is 2.62. The number of benzene rings is 2. The molecule has 4 nitrogen and oxygen atoms in total. The Kier molecular flexibility index (Phi) is 7.34. The first-order valence-electron chi connectivity index (χ1n) is 10.1. The fraction of sp³-hybridized carbons (Fsp3) is 0.417. The summed E-state index contributed by atoms with van der Waals surface area (Å²) in [5.41, 5.74) is 3.65. The smallest absolute Gasteiger partial charge is 0.267 e. The van der Waals surface area contributed by atoms with E-state index in [2.05, 4.69) is 5.43 Å². The van der Waals surface area contributed by atoms with Gasteiger partial charge in [-0.15, -0.1) is 0 Å². The van der Waals surface area contributed by atoms with Crippen molar-refractivity contribution in [3.63, 3.8) is 0 Å². The molecule has 1 atom stereocenters. The molecule has 0 saturated heterocycles. The Morgan fingerprint density at radius 3 is 2.03 bits per heavy atom. The predicted molar refractivity (Wildman–Crippen MR) is 114 cm³/mol. The summed E-state index contributed by atoms with van der Waals surface area (Å²) in [5, 5.41) is 1.24. The van der Waals surface area contributed by atoms with Gasteiger partial charge in [-0.3, -0.25) is 15.0 Å². The number of hydrogen-bond donors (Lipinski definition) is 1. The Hall–Kier alpha value is -2.76. The second-order valence-electron chi connectivity index (χ2n) is 8.76. The van der Waals surface area contributed by atoms with Gasteiger partial charge in [-0.1, -0.05) is 57.4 Å². The molecule has 0 fully saturated rings. The maximum absolute atomic E-state index is 14.2. The third-order valence-electron chi connectivity index (χ3n) is 4.97. The second-order valence-corrected chi connectivity index (χ2v) is 8.76. The van der Waals surface area contributed by atoms with E-state index >= 15 is 0 Å². The normalized spacial score (nSPS) is 12.4. The molecule has 2 aromatic carbocycles. The number of carbonyl (C=O) groups excluding carboxylic acids is 2. The standard InChI is InChI=1S/C24H30F2N2O2/c1-7-9-20(24(4,5)6)28(23(30)17-13-15(2)12-16(3)14-17)27-22(29)21-18(25)10-8-11-19(21)26/h8,10-14,20H,7,9H2,1-6H3,(H,27,29)/t20-/m1/s1. The molecule has 162 valence electrons. The van der Waals surface area contributed by atoms with Crippen molar-refractivity contribution < 1.29 is 18.4 Å². The minimum Gasteiger partial charge on any atom is -0.267 e. The SMILES string of the molecule is CCC[C@@H](N(NC(=O)c1c(F)cccc1F)C(=O)c1cc(C)cc(C)c1)C(C)(C)C. The summed E-state index contributed by atoms with van der Waals surface area (Å²) in [4.78, 5) is 26.3. The zero-order valence-electron chi connectivity index (χ0n) is 18.5. The summed E-state index contributed by atoms with van der Waals surface area (Å²) in [6.45, 7) is 11.6. The molecular weight excluding hydrogens is 386 g/mol. The highest BCUT2D eigenvalue weighted by atomic mass is 19.1. The lowest BCUT2D eigenvalue weighted by Gasteiger charge is -2.40. The number of carbonyl (C=O) groups is 2. The van der Waals surface area contributed by atoms with E-state index in [4.69, 9.17) is 0 Å². The number of aryl methyl sites for hydroxylation is 2. The van der Waals surface area contributed by atoms with Crippen LogP contribution in [0.25, 0.3) is 0 Å². The average molecular weight is 417 g/mol.